The maximum atomic E-state index is 6.71. The molecule has 0 rings (SSSR count). The first-order chi connectivity index (χ1) is 13.4. The van der Waals surface area contributed by atoms with Gasteiger partial charge < -0.3 is 25.6 Å². The molecule has 0 fully saturated rings. The van der Waals surface area contributed by atoms with Crippen LogP contribution in [0.4, 0.5) is 0 Å². The van der Waals surface area contributed by atoms with E-state index in [0.29, 0.717) is 19.8 Å². The molecule has 29 heavy (non-hydrogen) atoms. The van der Waals surface area contributed by atoms with Crippen LogP contribution in [0.2, 0.25) is 57.9 Å². The average Bonchev–Trinajstić information content (AvgIpc) is 2.58. The van der Waals surface area contributed by atoms with Crippen LogP contribution in [-0.4, -0.2) is 63.8 Å². The lowest BCUT2D eigenvalue weighted by Gasteiger charge is -2.38. The zero-order valence-corrected chi connectivity index (χ0v) is 26.1. The van der Waals surface area contributed by atoms with Gasteiger partial charge in [0.2, 0.25) is 0 Å². The maximum absolute atomic E-state index is 6.71. The summed E-state index contributed by atoms with van der Waals surface area (Å²) in [5, 5.41) is 0. The van der Waals surface area contributed by atoms with Crippen LogP contribution in [0.15, 0.2) is 0 Å². The van der Waals surface area contributed by atoms with Crippen LogP contribution in [-0.2, 0) is 25.6 Å². The summed E-state index contributed by atoms with van der Waals surface area (Å²) < 4.78 is 38.2. The summed E-state index contributed by atoms with van der Waals surface area (Å²) in [7, 11) is -9.86. The van der Waals surface area contributed by atoms with Crippen LogP contribution in [0.25, 0.3) is 0 Å². The summed E-state index contributed by atoms with van der Waals surface area (Å²) in [6, 6.07) is 1.72. The third-order valence-corrected chi connectivity index (χ3v) is 19.6. The molecule has 0 heterocycles. The average molecular weight is 501 g/mol. The predicted molar refractivity (Wildman–Crippen MR) is 134 cm³/mol. The third-order valence-electron chi connectivity index (χ3n) is 3.97. The zero-order valence-electron chi connectivity index (χ0n) is 20.8. The Morgan fingerprint density at radius 3 is 1.31 bits per heavy atom. The monoisotopic (exact) mass is 500 g/mol. The van der Waals surface area contributed by atoms with E-state index < -0.39 is 44.0 Å². The second-order valence-corrected chi connectivity index (χ2v) is 24.2. The lowest BCUT2D eigenvalue weighted by Crippen LogP contribution is -2.55. The van der Waals surface area contributed by atoms with E-state index in [2.05, 4.69) is 66.6 Å². The van der Waals surface area contributed by atoms with Crippen LogP contribution in [0.1, 0.15) is 40.0 Å². The van der Waals surface area contributed by atoms with Crippen molar-refractivity contribution < 1.29 is 25.6 Å². The molecular formula is C18H48O6Si5. The van der Waals surface area contributed by atoms with Gasteiger partial charge in [-0.3, -0.25) is 0 Å². The highest BCUT2D eigenvalue weighted by Gasteiger charge is 2.46. The molecule has 0 amide bonds. The standard InChI is InChI=1S/C18H48O6Si5/c1-11-14-19-29(20-15-12-2,21-16-13-3)18-17-27(8,9)24-28(10,22-25(4)5)23-26(6)7/h25-26H,11-18H2,1-10H3. The molecule has 11 heteroatoms. The first-order valence-corrected chi connectivity index (χ1v) is 24.2. The van der Waals surface area contributed by atoms with Gasteiger partial charge in [0.05, 0.1) is 0 Å². The Morgan fingerprint density at radius 2 is 1.00 bits per heavy atom. The molecule has 0 radical (unpaired) electrons. The summed E-state index contributed by atoms with van der Waals surface area (Å²) in [6.45, 7) is 23.7. The highest BCUT2D eigenvalue weighted by atomic mass is 28.5. The first-order valence-electron chi connectivity index (χ1n) is 11.4. The molecule has 0 unspecified atom stereocenters. The molecule has 0 atom stereocenters. The van der Waals surface area contributed by atoms with Gasteiger partial charge in [-0.2, -0.15) is 0 Å². The molecule has 6 nitrogen and oxygen atoms in total. The van der Waals surface area contributed by atoms with Gasteiger partial charge in [-0.1, -0.05) is 20.8 Å². The Morgan fingerprint density at radius 1 is 0.621 bits per heavy atom. The van der Waals surface area contributed by atoms with Gasteiger partial charge in [0, 0.05) is 32.4 Å². The Labute approximate surface area is 187 Å². The fraction of sp³-hybridized carbons (Fsp3) is 1.00. The SMILES string of the molecule is CCCO[Si](CC[Si](C)(C)O[Si](C)(O[SiH](C)C)O[SiH](C)C)(OCCC)OCCC. The smallest absolute Gasteiger partial charge is 0.420 e. The molecule has 0 aliphatic heterocycles. The molecule has 0 spiro atoms. The second-order valence-electron chi connectivity index (χ2n) is 8.79. The Balaban J connectivity index is 5.31. The summed E-state index contributed by atoms with van der Waals surface area (Å²) in [5.74, 6) is 0. The summed E-state index contributed by atoms with van der Waals surface area (Å²) >= 11 is 0. The quantitative estimate of drug-likeness (QED) is 0.247. The van der Waals surface area contributed by atoms with Gasteiger partial charge in [0.15, 0.2) is 26.4 Å². The van der Waals surface area contributed by atoms with Gasteiger partial charge in [0.25, 0.3) is 0 Å². The topological polar surface area (TPSA) is 55.4 Å². The molecular weight excluding hydrogens is 453 g/mol. The first kappa shape index (κ1) is 29.8. The lowest BCUT2D eigenvalue weighted by molar-refractivity contribution is 0.0601. The van der Waals surface area contributed by atoms with Gasteiger partial charge in [-0.15, -0.1) is 0 Å². The van der Waals surface area contributed by atoms with E-state index in [1.165, 1.54) is 0 Å². The third kappa shape index (κ3) is 13.8. The van der Waals surface area contributed by atoms with Crippen molar-refractivity contribution in [3.8, 4) is 0 Å². The highest BCUT2D eigenvalue weighted by Crippen LogP contribution is 2.28. The van der Waals surface area contributed by atoms with Crippen molar-refractivity contribution in [2.45, 2.75) is 98.0 Å². The zero-order chi connectivity index (χ0) is 22.6. The van der Waals surface area contributed by atoms with Crippen LogP contribution in [0.5, 0.6) is 0 Å². The van der Waals surface area contributed by atoms with Gasteiger partial charge in [0.1, 0.15) is 0 Å². The minimum Gasteiger partial charge on any atom is -0.420 e. The van der Waals surface area contributed by atoms with Crippen LogP contribution in [0.3, 0.4) is 0 Å². The van der Waals surface area contributed by atoms with E-state index in [1.54, 1.807) is 0 Å². The molecule has 0 saturated carbocycles. The van der Waals surface area contributed by atoms with Gasteiger partial charge >= 0.3 is 17.6 Å². The lowest BCUT2D eigenvalue weighted by atomic mass is 10.5. The Bertz CT molecular complexity index is 394. The summed E-state index contributed by atoms with van der Waals surface area (Å²) in [5.41, 5.74) is 0. The normalized spacial score (nSPS) is 13.7. The van der Waals surface area contributed by atoms with Crippen molar-refractivity contribution >= 4 is 44.0 Å². The van der Waals surface area contributed by atoms with Crippen LogP contribution >= 0.6 is 0 Å². The Kier molecular flexibility index (Phi) is 15.3. The predicted octanol–water partition coefficient (Wildman–Crippen LogP) is 5.00. The van der Waals surface area contributed by atoms with Crippen molar-refractivity contribution in [2.75, 3.05) is 19.8 Å². The molecule has 0 saturated heterocycles. The van der Waals surface area contributed by atoms with E-state index in [1.807, 2.05) is 0 Å². The van der Waals surface area contributed by atoms with Crippen LogP contribution < -0.4 is 0 Å². The fourth-order valence-electron chi connectivity index (χ4n) is 3.05. The van der Waals surface area contributed by atoms with Crippen molar-refractivity contribution in [1.82, 2.24) is 0 Å². The molecule has 0 aromatic rings. The maximum Gasteiger partial charge on any atom is 0.500 e. The van der Waals surface area contributed by atoms with E-state index in [0.717, 1.165) is 31.4 Å². The van der Waals surface area contributed by atoms with Crippen molar-refractivity contribution in [3.63, 3.8) is 0 Å². The van der Waals surface area contributed by atoms with Crippen molar-refractivity contribution in [1.29, 1.82) is 0 Å². The molecule has 0 aromatic heterocycles. The van der Waals surface area contributed by atoms with Gasteiger partial charge in [-0.25, -0.2) is 0 Å². The minimum absolute atomic E-state index is 0.680. The number of hydrogen-bond donors (Lipinski definition) is 0. The van der Waals surface area contributed by atoms with E-state index in [9.17, 15) is 0 Å². The van der Waals surface area contributed by atoms with Gasteiger partial charge in [-0.05, 0) is 64.6 Å². The van der Waals surface area contributed by atoms with Crippen molar-refractivity contribution in [2.24, 2.45) is 0 Å². The highest BCUT2D eigenvalue weighted by molar-refractivity contribution is 6.85. The largest absolute Gasteiger partial charge is 0.500 e. The van der Waals surface area contributed by atoms with Crippen molar-refractivity contribution in [3.05, 3.63) is 0 Å². The minimum atomic E-state index is -2.70. The molecule has 0 aromatic carbocycles. The van der Waals surface area contributed by atoms with E-state index >= 15 is 0 Å². The molecule has 176 valence electrons. The molecule has 0 aliphatic rings. The second kappa shape index (κ2) is 14.8. The Hall–Kier alpha value is 0.844. The molecule has 0 bridgehead atoms. The number of rotatable bonds is 18. The summed E-state index contributed by atoms with van der Waals surface area (Å²) in [6.07, 6.45) is 2.88. The number of hydrogen-bond acceptors (Lipinski definition) is 6. The molecule has 0 aliphatic carbocycles. The fourth-order valence-corrected chi connectivity index (χ4v) is 22.2. The van der Waals surface area contributed by atoms with E-state index in [-0.39, 0.29) is 0 Å². The molecule has 0 N–H and O–H groups in total. The van der Waals surface area contributed by atoms with Crippen LogP contribution in [0, 0.1) is 0 Å². The van der Waals surface area contributed by atoms with E-state index in [4.69, 9.17) is 25.6 Å². The summed E-state index contributed by atoms with van der Waals surface area (Å²) in [4.78, 5) is 0.